The molecule has 0 unspecified atom stereocenters. The second-order valence-electron chi connectivity index (χ2n) is 6.01. The lowest BCUT2D eigenvalue weighted by Crippen LogP contribution is -2.33. The number of benzene rings is 1. The highest BCUT2D eigenvalue weighted by molar-refractivity contribution is 5.67. The van der Waals surface area contributed by atoms with E-state index in [1.54, 1.807) is 6.07 Å². The molecule has 1 rings (SSSR count). The quantitative estimate of drug-likeness (QED) is 0.702. The van der Waals surface area contributed by atoms with E-state index in [-0.39, 0.29) is 13.2 Å². The highest BCUT2D eigenvalue weighted by Gasteiger charge is 2.15. The molecular weight excluding hydrogens is 270 g/mol. The number of nitrogens with one attached hydrogen (secondary N) is 1. The molecule has 5 heteroatoms. The summed E-state index contributed by atoms with van der Waals surface area (Å²) in [5.41, 5.74) is 2.13. The second kappa shape index (κ2) is 8.00. The Morgan fingerprint density at radius 1 is 1.10 bits per heavy atom. The molecule has 21 heavy (non-hydrogen) atoms. The molecular formula is C16H25NO4. The minimum Gasteiger partial charge on any atom is -0.444 e. The normalized spacial score (nSPS) is 11.3. The molecule has 0 radical (unpaired) electrons. The molecule has 0 aromatic heterocycles. The van der Waals surface area contributed by atoms with Gasteiger partial charge in [-0.1, -0.05) is 18.2 Å². The van der Waals surface area contributed by atoms with Crippen molar-refractivity contribution in [3.63, 3.8) is 0 Å². The molecule has 0 spiro atoms. The molecule has 0 fully saturated rings. The van der Waals surface area contributed by atoms with Gasteiger partial charge in [0.15, 0.2) is 0 Å². The molecule has 0 aliphatic rings. The first-order valence-corrected chi connectivity index (χ1v) is 7.14. The van der Waals surface area contributed by atoms with Crippen LogP contribution in [0.2, 0.25) is 0 Å². The molecule has 0 bridgehead atoms. The molecule has 0 atom stereocenters. The van der Waals surface area contributed by atoms with Crippen LogP contribution in [0, 0.1) is 0 Å². The van der Waals surface area contributed by atoms with Gasteiger partial charge in [0.1, 0.15) is 5.60 Å². The van der Waals surface area contributed by atoms with Crippen molar-refractivity contribution in [2.24, 2.45) is 0 Å². The molecule has 1 amide bonds. The van der Waals surface area contributed by atoms with E-state index in [1.165, 1.54) is 0 Å². The minimum absolute atomic E-state index is 0.0446. The van der Waals surface area contributed by atoms with Gasteiger partial charge in [0.25, 0.3) is 0 Å². The van der Waals surface area contributed by atoms with Crippen LogP contribution in [0.25, 0.3) is 0 Å². The topological polar surface area (TPSA) is 78.8 Å². The summed E-state index contributed by atoms with van der Waals surface area (Å²) in [7, 11) is 0. The lowest BCUT2D eigenvalue weighted by atomic mass is 10.0. The minimum atomic E-state index is -0.491. The number of rotatable bonds is 6. The zero-order valence-corrected chi connectivity index (χ0v) is 13.0. The number of carbonyl (C=O) groups is 1. The smallest absolute Gasteiger partial charge is 0.407 e. The summed E-state index contributed by atoms with van der Waals surface area (Å²) in [6.07, 6.45) is 1.11. The third-order valence-electron chi connectivity index (χ3n) is 2.79. The Labute approximate surface area is 125 Å². The summed E-state index contributed by atoms with van der Waals surface area (Å²) >= 11 is 0. The summed E-state index contributed by atoms with van der Waals surface area (Å²) in [5.74, 6) is 0. The molecule has 0 saturated heterocycles. The summed E-state index contributed by atoms with van der Waals surface area (Å²) in [6.45, 7) is 5.90. The predicted octanol–water partition coefficient (Wildman–Crippen LogP) is 2.13. The van der Waals surface area contributed by atoms with E-state index in [0.717, 1.165) is 29.5 Å². The number of ether oxygens (including phenoxy) is 1. The van der Waals surface area contributed by atoms with E-state index in [2.05, 4.69) is 5.32 Å². The summed E-state index contributed by atoms with van der Waals surface area (Å²) < 4.78 is 5.15. The monoisotopic (exact) mass is 295 g/mol. The zero-order valence-electron chi connectivity index (χ0n) is 13.0. The number of amides is 1. The van der Waals surface area contributed by atoms with E-state index in [9.17, 15) is 15.0 Å². The van der Waals surface area contributed by atoms with Crippen LogP contribution in [0.3, 0.4) is 0 Å². The van der Waals surface area contributed by atoms with Gasteiger partial charge in [0, 0.05) is 6.54 Å². The number of hydrogen-bond acceptors (Lipinski definition) is 4. The Kier molecular flexibility index (Phi) is 6.65. The zero-order chi connectivity index (χ0) is 15.9. The van der Waals surface area contributed by atoms with Crippen molar-refractivity contribution >= 4 is 6.09 Å². The molecule has 0 saturated carbocycles. The van der Waals surface area contributed by atoms with Crippen LogP contribution < -0.4 is 5.32 Å². The van der Waals surface area contributed by atoms with Gasteiger partial charge in [-0.2, -0.15) is 0 Å². The number of aryl methyl sites for hydroxylation is 1. The first kappa shape index (κ1) is 17.5. The second-order valence-corrected chi connectivity index (χ2v) is 6.01. The van der Waals surface area contributed by atoms with Crippen molar-refractivity contribution in [2.45, 2.75) is 52.4 Å². The van der Waals surface area contributed by atoms with Gasteiger partial charge in [-0.3, -0.25) is 0 Å². The molecule has 3 N–H and O–H groups in total. The number of aliphatic hydroxyl groups excluding tert-OH is 2. The predicted molar refractivity (Wildman–Crippen MR) is 80.8 cm³/mol. The maximum atomic E-state index is 11.5. The van der Waals surface area contributed by atoms with E-state index in [1.807, 2.05) is 32.9 Å². The lowest BCUT2D eigenvalue weighted by molar-refractivity contribution is 0.0527. The maximum Gasteiger partial charge on any atom is 0.407 e. The molecule has 0 aliphatic carbocycles. The Balaban J connectivity index is 2.40. The fourth-order valence-electron chi connectivity index (χ4n) is 1.96. The van der Waals surface area contributed by atoms with Crippen LogP contribution in [0.4, 0.5) is 4.79 Å². The standard InChI is InChI=1S/C16H25NO4/c1-16(2,3)21-15(20)17-6-4-5-12-7-13(10-18)9-14(8-12)11-19/h7-9,18-19H,4-6,10-11H2,1-3H3,(H,17,20). The number of carbonyl (C=O) groups excluding carboxylic acids is 1. The van der Waals surface area contributed by atoms with Gasteiger partial charge < -0.3 is 20.3 Å². The largest absolute Gasteiger partial charge is 0.444 e. The third kappa shape index (κ3) is 7.11. The molecule has 118 valence electrons. The third-order valence-corrected chi connectivity index (χ3v) is 2.79. The van der Waals surface area contributed by atoms with Gasteiger partial charge in [0.2, 0.25) is 0 Å². The van der Waals surface area contributed by atoms with Crippen molar-refractivity contribution in [3.8, 4) is 0 Å². The average molecular weight is 295 g/mol. The van der Waals surface area contributed by atoms with E-state index < -0.39 is 11.7 Å². The maximum absolute atomic E-state index is 11.5. The first-order chi connectivity index (χ1) is 9.84. The Morgan fingerprint density at radius 2 is 1.62 bits per heavy atom. The Bertz CT molecular complexity index is 444. The molecule has 0 aliphatic heterocycles. The van der Waals surface area contributed by atoms with Gasteiger partial charge in [0.05, 0.1) is 13.2 Å². The van der Waals surface area contributed by atoms with Gasteiger partial charge in [-0.05, 0) is 50.3 Å². The highest BCUT2D eigenvalue weighted by Crippen LogP contribution is 2.12. The summed E-state index contributed by atoms with van der Waals surface area (Å²) in [4.78, 5) is 11.5. The van der Waals surface area contributed by atoms with Gasteiger partial charge in [-0.15, -0.1) is 0 Å². The van der Waals surface area contributed by atoms with Gasteiger partial charge >= 0.3 is 6.09 Å². The number of alkyl carbamates (subject to hydrolysis) is 1. The van der Waals surface area contributed by atoms with Crippen LogP contribution in [0.1, 0.15) is 43.9 Å². The molecule has 1 aromatic carbocycles. The van der Waals surface area contributed by atoms with Crippen molar-refractivity contribution < 1.29 is 19.7 Å². The fourth-order valence-corrected chi connectivity index (χ4v) is 1.96. The van der Waals surface area contributed by atoms with E-state index in [4.69, 9.17) is 4.74 Å². The number of hydrogen-bond donors (Lipinski definition) is 3. The summed E-state index contributed by atoms with van der Waals surface area (Å²) in [6, 6.07) is 5.60. The number of aliphatic hydroxyl groups is 2. The first-order valence-electron chi connectivity index (χ1n) is 7.14. The van der Waals surface area contributed by atoms with Crippen molar-refractivity contribution in [2.75, 3.05) is 6.54 Å². The Hall–Kier alpha value is -1.59. The van der Waals surface area contributed by atoms with Crippen LogP contribution in [0.5, 0.6) is 0 Å². The highest BCUT2D eigenvalue weighted by atomic mass is 16.6. The Morgan fingerprint density at radius 3 is 2.10 bits per heavy atom. The van der Waals surface area contributed by atoms with Crippen LogP contribution >= 0.6 is 0 Å². The van der Waals surface area contributed by atoms with Crippen LogP contribution in [-0.4, -0.2) is 28.5 Å². The van der Waals surface area contributed by atoms with Crippen LogP contribution in [-0.2, 0) is 24.4 Å². The molecule has 1 aromatic rings. The van der Waals surface area contributed by atoms with Crippen LogP contribution in [0.15, 0.2) is 18.2 Å². The average Bonchev–Trinajstić information content (AvgIpc) is 2.41. The lowest BCUT2D eigenvalue weighted by Gasteiger charge is -2.19. The molecule has 0 heterocycles. The summed E-state index contributed by atoms with van der Waals surface area (Å²) in [5, 5.41) is 21.1. The molecule has 5 nitrogen and oxygen atoms in total. The van der Waals surface area contributed by atoms with Crippen molar-refractivity contribution in [3.05, 3.63) is 34.9 Å². The van der Waals surface area contributed by atoms with Crippen molar-refractivity contribution in [1.29, 1.82) is 0 Å². The van der Waals surface area contributed by atoms with E-state index >= 15 is 0 Å². The van der Waals surface area contributed by atoms with Crippen molar-refractivity contribution in [1.82, 2.24) is 5.32 Å². The fraction of sp³-hybridized carbons (Fsp3) is 0.562. The van der Waals surface area contributed by atoms with E-state index in [0.29, 0.717) is 6.54 Å². The van der Waals surface area contributed by atoms with Gasteiger partial charge in [-0.25, -0.2) is 4.79 Å². The SMILES string of the molecule is CC(C)(C)OC(=O)NCCCc1cc(CO)cc(CO)c1.